The van der Waals surface area contributed by atoms with Gasteiger partial charge in [0.05, 0.1) is 33.1 Å². The Kier molecular flexibility index (Phi) is 3.46. The molecule has 1 heterocycles. The van der Waals surface area contributed by atoms with Crippen molar-refractivity contribution in [2.45, 2.75) is 0 Å². The molecule has 0 amide bonds. The van der Waals surface area contributed by atoms with Crippen molar-refractivity contribution >= 4 is 5.88 Å². The minimum absolute atomic E-state index is 0.0208. The smallest absolute Gasteiger partial charge is 0.230 e. The van der Waals surface area contributed by atoms with Crippen molar-refractivity contribution in [3.8, 4) is 28.4 Å². The summed E-state index contributed by atoms with van der Waals surface area (Å²) in [6, 6.07) is 1.55. The van der Waals surface area contributed by atoms with E-state index in [0.717, 1.165) is 0 Å². The van der Waals surface area contributed by atoms with Gasteiger partial charge in [-0.3, -0.25) is 0 Å². The van der Waals surface area contributed by atoms with Gasteiger partial charge in [-0.05, 0) is 6.07 Å². The first-order valence-corrected chi connectivity index (χ1v) is 5.33. The number of hydrogen-bond acceptors (Lipinski definition) is 6. The minimum Gasteiger partial charge on any atom is -0.493 e. The molecule has 6 nitrogen and oxygen atoms in total. The van der Waals surface area contributed by atoms with Crippen molar-refractivity contribution in [3.63, 3.8) is 0 Å². The number of benzene rings is 1. The van der Waals surface area contributed by atoms with Gasteiger partial charge in [0.2, 0.25) is 17.5 Å². The van der Waals surface area contributed by atoms with Crippen LogP contribution in [-0.2, 0) is 0 Å². The first-order chi connectivity index (χ1) is 9.13. The molecular weight excluding hydrogens is 255 g/mol. The molecule has 2 aromatic rings. The van der Waals surface area contributed by atoms with Crippen LogP contribution in [0.3, 0.4) is 0 Å². The fourth-order valence-corrected chi connectivity index (χ4v) is 1.78. The van der Waals surface area contributed by atoms with E-state index in [-0.39, 0.29) is 23.1 Å². The summed E-state index contributed by atoms with van der Waals surface area (Å²) in [6.45, 7) is 0. The van der Waals surface area contributed by atoms with Gasteiger partial charge < -0.3 is 24.5 Å². The van der Waals surface area contributed by atoms with E-state index in [9.17, 15) is 4.39 Å². The summed E-state index contributed by atoms with van der Waals surface area (Å²) in [5.41, 5.74) is 6.41. The summed E-state index contributed by atoms with van der Waals surface area (Å²) in [5.74, 6) is -0.466. The number of hydrogen-bond donors (Lipinski definition) is 1. The molecule has 0 aliphatic heterocycles. The normalized spacial score (nSPS) is 10.3. The molecular formula is C12H13FN2O4. The Morgan fingerprint density at radius 1 is 1.11 bits per heavy atom. The summed E-state index contributed by atoms with van der Waals surface area (Å²) in [6.07, 6.45) is 1.37. The number of nitrogen functional groups attached to an aromatic ring is 1. The number of halogens is 1. The fraction of sp³-hybridized carbons (Fsp3) is 0.250. The van der Waals surface area contributed by atoms with Gasteiger partial charge in [0.25, 0.3) is 0 Å². The highest BCUT2D eigenvalue weighted by molar-refractivity contribution is 5.80. The van der Waals surface area contributed by atoms with Crippen LogP contribution < -0.4 is 19.9 Å². The molecule has 102 valence electrons. The van der Waals surface area contributed by atoms with Gasteiger partial charge in [0.15, 0.2) is 11.5 Å². The fourth-order valence-electron chi connectivity index (χ4n) is 1.78. The zero-order valence-corrected chi connectivity index (χ0v) is 10.7. The largest absolute Gasteiger partial charge is 0.493 e. The predicted molar refractivity (Wildman–Crippen MR) is 66.0 cm³/mol. The van der Waals surface area contributed by atoms with Gasteiger partial charge in [0, 0.05) is 5.56 Å². The molecule has 0 bridgehead atoms. The second-order valence-corrected chi connectivity index (χ2v) is 3.61. The van der Waals surface area contributed by atoms with Gasteiger partial charge in [-0.25, -0.2) is 0 Å². The predicted octanol–water partition coefficient (Wildman–Crippen LogP) is 2.09. The van der Waals surface area contributed by atoms with E-state index < -0.39 is 5.82 Å². The van der Waals surface area contributed by atoms with Crippen LogP contribution in [0.1, 0.15) is 0 Å². The summed E-state index contributed by atoms with van der Waals surface area (Å²) in [7, 11) is 4.09. The minimum atomic E-state index is -0.681. The molecule has 0 radical (unpaired) electrons. The van der Waals surface area contributed by atoms with E-state index in [0.29, 0.717) is 11.1 Å². The van der Waals surface area contributed by atoms with E-state index in [4.69, 9.17) is 24.5 Å². The summed E-state index contributed by atoms with van der Waals surface area (Å²) in [4.78, 5) is 0. The number of anilines is 1. The number of aromatic nitrogens is 1. The van der Waals surface area contributed by atoms with Crippen molar-refractivity contribution < 1.29 is 23.1 Å². The van der Waals surface area contributed by atoms with Gasteiger partial charge in [-0.15, -0.1) is 0 Å². The molecule has 1 aromatic carbocycles. The first-order valence-electron chi connectivity index (χ1n) is 5.33. The number of rotatable bonds is 4. The highest BCUT2D eigenvalue weighted by Crippen LogP contribution is 2.44. The van der Waals surface area contributed by atoms with Crippen LogP contribution >= 0.6 is 0 Å². The molecule has 0 saturated heterocycles. The summed E-state index contributed by atoms with van der Waals surface area (Å²) in [5, 5.41) is 3.55. The Labute approximate surface area is 108 Å². The zero-order valence-electron chi connectivity index (χ0n) is 10.7. The van der Waals surface area contributed by atoms with E-state index in [1.807, 2.05) is 0 Å². The maximum Gasteiger partial charge on any atom is 0.230 e. The van der Waals surface area contributed by atoms with Gasteiger partial charge in [-0.1, -0.05) is 5.16 Å². The molecule has 2 rings (SSSR count). The quantitative estimate of drug-likeness (QED) is 0.914. The molecule has 0 spiro atoms. The molecule has 0 fully saturated rings. The third-order valence-corrected chi connectivity index (χ3v) is 2.66. The monoisotopic (exact) mass is 268 g/mol. The number of methoxy groups -OCH3 is 3. The van der Waals surface area contributed by atoms with Crippen LogP contribution in [0.4, 0.5) is 10.3 Å². The van der Waals surface area contributed by atoms with Crippen molar-refractivity contribution in [1.82, 2.24) is 5.16 Å². The molecule has 7 heteroatoms. The van der Waals surface area contributed by atoms with Crippen LogP contribution in [0, 0.1) is 5.82 Å². The number of nitrogens with zero attached hydrogens (tertiary/aromatic N) is 1. The highest BCUT2D eigenvalue weighted by atomic mass is 19.1. The molecule has 0 unspecified atom stereocenters. The highest BCUT2D eigenvalue weighted by Gasteiger charge is 2.23. The Morgan fingerprint density at radius 2 is 1.79 bits per heavy atom. The van der Waals surface area contributed by atoms with Crippen molar-refractivity contribution in [2.24, 2.45) is 0 Å². The van der Waals surface area contributed by atoms with Crippen LogP contribution in [-0.4, -0.2) is 26.5 Å². The Bertz CT molecular complexity index is 598. The van der Waals surface area contributed by atoms with Crippen molar-refractivity contribution in [3.05, 3.63) is 18.1 Å². The molecule has 2 N–H and O–H groups in total. The second kappa shape index (κ2) is 5.05. The summed E-state index contributed by atoms with van der Waals surface area (Å²) >= 11 is 0. The lowest BCUT2D eigenvalue weighted by atomic mass is 10.1. The van der Waals surface area contributed by atoms with Crippen LogP contribution in [0.25, 0.3) is 11.1 Å². The standard InChI is InChI=1S/C12H13FN2O4/c1-16-8-4-6(7-5-15-19-12(7)14)10(17-2)9(13)11(8)18-3/h4-5H,14H2,1-3H3. The Hall–Kier alpha value is -2.44. The molecule has 0 aliphatic carbocycles. The van der Waals surface area contributed by atoms with Crippen LogP contribution in [0.15, 0.2) is 16.8 Å². The average Bonchev–Trinajstić information content (AvgIpc) is 2.83. The second-order valence-electron chi connectivity index (χ2n) is 3.61. The molecule has 0 aliphatic rings. The van der Waals surface area contributed by atoms with E-state index >= 15 is 0 Å². The molecule has 0 atom stereocenters. The Morgan fingerprint density at radius 3 is 2.26 bits per heavy atom. The third kappa shape index (κ3) is 2.03. The Balaban J connectivity index is 2.74. The van der Waals surface area contributed by atoms with Gasteiger partial charge in [0.1, 0.15) is 0 Å². The molecule has 0 saturated carbocycles. The lowest BCUT2D eigenvalue weighted by Gasteiger charge is -2.14. The van der Waals surface area contributed by atoms with E-state index in [1.54, 1.807) is 6.07 Å². The lowest BCUT2D eigenvalue weighted by molar-refractivity contribution is 0.321. The van der Waals surface area contributed by atoms with Crippen LogP contribution in [0.5, 0.6) is 17.2 Å². The van der Waals surface area contributed by atoms with Gasteiger partial charge in [-0.2, -0.15) is 4.39 Å². The van der Waals surface area contributed by atoms with Crippen molar-refractivity contribution in [2.75, 3.05) is 27.1 Å². The summed E-state index contributed by atoms with van der Waals surface area (Å²) < 4.78 is 34.2. The third-order valence-electron chi connectivity index (χ3n) is 2.66. The lowest BCUT2D eigenvalue weighted by Crippen LogP contribution is -2.00. The van der Waals surface area contributed by atoms with E-state index in [2.05, 4.69) is 5.16 Å². The number of ether oxygens (including phenoxy) is 3. The van der Waals surface area contributed by atoms with E-state index in [1.165, 1.54) is 27.5 Å². The van der Waals surface area contributed by atoms with Crippen molar-refractivity contribution in [1.29, 1.82) is 0 Å². The topological polar surface area (TPSA) is 79.7 Å². The molecule has 1 aromatic heterocycles. The number of nitrogens with two attached hydrogens (primary N) is 1. The molecule has 19 heavy (non-hydrogen) atoms. The SMILES string of the molecule is COc1cc(-c2cnoc2N)c(OC)c(F)c1OC. The maximum atomic E-state index is 14.3. The zero-order chi connectivity index (χ0) is 14.0. The van der Waals surface area contributed by atoms with Gasteiger partial charge >= 0.3 is 0 Å². The maximum absolute atomic E-state index is 14.3. The first kappa shape index (κ1) is 13.0. The van der Waals surface area contributed by atoms with Crippen LogP contribution in [0.2, 0.25) is 0 Å². The average molecular weight is 268 g/mol.